The molecule has 1 amide bonds. The molecular weight excluding hydrogens is 316 g/mol. The van der Waals surface area contributed by atoms with Crippen LogP contribution in [0, 0.1) is 5.41 Å². The van der Waals surface area contributed by atoms with Crippen LogP contribution < -0.4 is 4.74 Å². The summed E-state index contributed by atoms with van der Waals surface area (Å²) < 4.78 is 5.10. The first-order chi connectivity index (χ1) is 12.0. The van der Waals surface area contributed by atoms with Gasteiger partial charge in [0.15, 0.2) is 11.5 Å². The lowest BCUT2D eigenvalue weighted by atomic mass is 9.72. The van der Waals surface area contributed by atoms with Gasteiger partial charge in [0, 0.05) is 26.1 Å². The molecule has 0 bridgehead atoms. The minimum Gasteiger partial charge on any atom is -0.504 e. The Kier molecular flexibility index (Phi) is 5.33. The van der Waals surface area contributed by atoms with E-state index < -0.39 is 0 Å². The smallest absolute Gasteiger partial charge is 0.222 e. The van der Waals surface area contributed by atoms with Gasteiger partial charge in [0.05, 0.1) is 7.11 Å². The van der Waals surface area contributed by atoms with Crippen LogP contribution in [-0.2, 0) is 11.3 Å². The van der Waals surface area contributed by atoms with Crippen molar-refractivity contribution in [1.29, 1.82) is 0 Å². The first-order valence-corrected chi connectivity index (χ1v) is 9.02. The molecule has 1 spiro atoms. The van der Waals surface area contributed by atoms with E-state index in [4.69, 9.17) is 4.74 Å². The van der Waals surface area contributed by atoms with Crippen molar-refractivity contribution in [2.45, 2.75) is 32.2 Å². The molecule has 0 aromatic heterocycles. The van der Waals surface area contributed by atoms with Gasteiger partial charge in [-0.3, -0.25) is 9.69 Å². The van der Waals surface area contributed by atoms with Crippen LogP contribution in [0.2, 0.25) is 0 Å². The molecule has 1 aromatic carbocycles. The predicted molar refractivity (Wildman–Crippen MR) is 97.6 cm³/mol. The van der Waals surface area contributed by atoms with Crippen molar-refractivity contribution in [1.82, 2.24) is 9.80 Å². The number of hydrogen-bond donors (Lipinski definition) is 1. The number of hydrogen-bond acceptors (Lipinski definition) is 4. The third-order valence-electron chi connectivity index (χ3n) is 5.66. The number of aromatic hydroxyl groups is 1. The maximum Gasteiger partial charge on any atom is 0.222 e. The number of ether oxygens (including phenoxy) is 1. The van der Waals surface area contributed by atoms with Gasteiger partial charge in [-0.05, 0) is 55.5 Å². The van der Waals surface area contributed by atoms with Gasteiger partial charge in [-0.25, -0.2) is 0 Å². The molecule has 0 unspecified atom stereocenters. The second-order valence-electron chi connectivity index (χ2n) is 7.35. The number of phenols is 1. The van der Waals surface area contributed by atoms with E-state index >= 15 is 0 Å². The van der Waals surface area contributed by atoms with E-state index in [1.165, 1.54) is 0 Å². The molecule has 25 heavy (non-hydrogen) atoms. The summed E-state index contributed by atoms with van der Waals surface area (Å²) in [6, 6.07) is 5.61. The molecule has 2 aliphatic rings. The largest absolute Gasteiger partial charge is 0.504 e. The molecule has 2 heterocycles. The highest BCUT2D eigenvalue weighted by Gasteiger charge is 2.40. The summed E-state index contributed by atoms with van der Waals surface area (Å²) in [5.41, 5.74) is 1.37. The lowest BCUT2D eigenvalue weighted by molar-refractivity contribution is -0.138. The third kappa shape index (κ3) is 3.98. The summed E-state index contributed by atoms with van der Waals surface area (Å²) >= 11 is 0. The number of benzene rings is 1. The van der Waals surface area contributed by atoms with E-state index in [0.717, 1.165) is 51.0 Å². The number of phenolic OH excluding ortho intramolecular Hbond substituents is 1. The first kappa shape index (κ1) is 17.8. The van der Waals surface area contributed by atoms with Gasteiger partial charge in [0.25, 0.3) is 0 Å². The summed E-state index contributed by atoms with van der Waals surface area (Å²) in [7, 11) is 1.56. The second kappa shape index (κ2) is 7.48. The minimum absolute atomic E-state index is 0.194. The monoisotopic (exact) mass is 344 g/mol. The van der Waals surface area contributed by atoms with Crippen LogP contribution in [0.25, 0.3) is 0 Å². The Labute approximate surface area is 149 Å². The average molecular weight is 344 g/mol. The minimum atomic E-state index is 0.194. The highest BCUT2D eigenvalue weighted by molar-refractivity contribution is 5.77. The van der Waals surface area contributed by atoms with Crippen LogP contribution in [0.3, 0.4) is 0 Å². The van der Waals surface area contributed by atoms with E-state index in [9.17, 15) is 9.90 Å². The quantitative estimate of drug-likeness (QED) is 0.835. The van der Waals surface area contributed by atoms with Gasteiger partial charge < -0.3 is 14.7 Å². The summed E-state index contributed by atoms with van der Waals surface area (Å²) in [5, 5.41) is 9.94. The lowest BCUT2D eigenvalue weighted by Gasteiger charge is -2.47. The average Bonchev–Trinajstić information content (AvgIpc) is 2.61. The molecule has 0 atom stereocenters. The summed E-state index contributed by atoms with van der Waals surface area (Å²) in [4.78, 5) is 16.4. The fourth-order valence-corrected chi connectivity index (χ4v) is 4.11. The number of rotatable bonds is 5. The van der Waals surface area contributed by atoms with Crippen LogP contribution in [0.4, 0.5) is 0 Å². The van der Waals surface area contributed by atoms with Gasteiger partial charge >= 0.3 is 0 Å². The molecule has 5 nitrogen and oxygen atoms in total. The van der Waals surface area contributed by atoms with E-state index in [-0.39, 0.29) is 17.1 Å². The van der Waals surface area contributed by atoms with Gasteiger partial charge in [-0.1, -0.05) is 12.1 Å². The summed E-state index contributed by atoms with van der Waals surface area (Å²) in [6.45, 7) is 8.20. The standard InChI is InChI=1S/C20H28N2O3/c1-3-10-22-15-20(7-6-19(22)24)8-11-21(12-9-20)14-16-4-5-18(25-2)17(23)13-16/h3-5,13,23H,1,6-12,14-15H2,2H3. The van der Waals surface area contributed by atoms with E-state index in [2.05, 4.69) is 11.5 Å². The fourth-order valence-electron chi connectivity index (χ4n) is 4.11. The molecule has 2 saturated heterocycles. The SMILES string of the molecule is C=CCN1CC2(CCC1=O)CCN(Cc1ccc(OC)c(O)c1)CC2. The highest BCUT2D eigenvalue weighted by Crippen LogP contribution is 2.40. The van der Waals surface area contributed by atoms with Crippen molar-refractivity contribution in [3.63, 3.8) is 0 Å². The maximum absolute atomic E-state index is 12.0. The number of likely N-dealkylation sites (tertiary alicyclic amines) is 2. The van der Waals surface area contributed by atoms with Crippen LogP contribution >= 0.6 is 0 Å². The van der Waals surface area contributed by atoms with Gasteiger partial charge in [-0.2, -0.15) is 0 Å². The van der Waals surface area contributed by atoms with E-state index in [1.807, 2.05) is 23.1 Å². The van der Waals surface area contributed by atoms with Crippen LogP contribution in [0.1, 0.15) is 31.2 Å². The molecule has 1 N–H and O–H groups in total. The maximum atomic E-state index is 12.0. The van der Waals surface area contributed by atoms with Crippen LogP contribution in [0.5, 0.6) is 11.5 Å². The zero-order chi connectivity index (χ0) is 17.9. The molecule has 3 rings (SSSR count). The van der Waals surface area contributed by atoms with Crippen LogP contribution in [0.15, 0.2) is 30.9 Å². The molecule has 2 aliphatic heterocycles. The summed E-state index contributed by atoms with van der Waals surface area (Å²) in [6.07, 6.45) is 5.74. The van der Waals surface area contributed by atoms with Gasteiger partial charge in [0.1, 0.15) is 0 Å². The number of nitrogens with zero attached hydrogens (tertiary/aromatic N) is 2. The van der Waals surface area contributed by atoms with Crippen molar-refractivity contribution in [2.24, 2.45) is 5.41 Å². The molecule has 0 radical (unpaired) electrons. The second-order valence-corrected chi connectivity index (χ2v) is 7.35. The fraction of sp³-hybridized carbons (Fsp3) is 0.550. The molecule has 1 aromatic rings. The molecular formula is C20H28N2O3. The number of carbonyl (C=O) groups is 1. The van der Waals surface area contributed by atoms with Gasteiger partial charge in [0.2, 0.25) is 5.91 Å². The number of piperidine rings is 2. The molecule has 136 valence electrons. The Morgan fingerprint density at radius 2 is 2.08 bits per heavy atom. The zero-order valence-electron chi connectivity index (χ0n) is 15.0. The Balaban J connectivity index is 1.57. The Morgan fingerprint density at radius 1 is 1.32 bits per heavy atom. The van der Waals surface area contributed by atoms with E-state index in [0.29, 0.717) is 18.7 Å². The van der Waals surface area contributed by atoms with Crippen molar-refractivity contribution in [3.05, 3.63) is 36.4 Å². The Morgan fingerprint density at radius 3 is 2.72 bits per heavy atom. The van der Waals surface area contributed by atoms with Crippen molar-refractivity contribution >= 4 is 5.91 Å². The topological polar surface area (TPSA) is 53.0 Å². The predicted octanol–water partition coefficient (Wildman–Crippen LogP) is 2.79. The highest BCUT2D eigenvalue weighted by atomic mass is 16.5. The zero-order valence-corrected chi connectivity index (χ0v) is 15.0. The van der Waals surface area contributed by atoms with Crippen molar-refractivity contribution in [2.75, 3.05) is 33.3 Å². The van der Waals surface area contributed by atoms with Gasteiger partial charge in [-0.15, -0.1) is 6.58 Å². The molecule has 0 saturated carbocycles. The molecule has 0 aliphatic carbocycles. The summed E-state index contributed by atoms with van der Waals surface area (Å²) in [5.74, 6) is 0.969. The molecule has 2 fully saturated rings. The van der Waals surface area contributed by atoms with E-state index in [1.54, 1.807) is 13.2 Å². The Bertz CT molecular complexity index is 636. The number of methoxy groups -OCH3 is 1. The normalized spacial score (nSPS) is 20.7. The van der Waals surface area contributed by atoms with Crippen molar-refractivity contribution < 1.29 is 14.6 Å². The van der Waals surface area contributed by atoms with Crippen LogP contribution in [-0.4, -0.2) is 54.1 Å². The van der Waals surface area contributed by atoms with Crippen molar-refractivity contribution in [3.8, 4) is 11.5 Å². The lowest BCUT2D eigenvalue weighted by Crippen LogP contribution is -2.51. The molecule has 5 heteroatoms. The number of amides is 1. The first-order valence-electron chi connectivity index (χ1n) is 9.02. The Hall–Kier alpha value is -2.01. The third-order valence-corrected chi connectivity index (χ3v) is 5.66. The number of carbonyl (C=O) groups excluding carboxylic acids is 1.